The summed E-state index contributed by atoms with van der Waals surface area (Å²) in [6.45, 7) is 3.63. The van der Waals surface area contributed by atoms with E-state index in [0.29, 0.717) is 5.56 Å². The maximum absolute atomic E-state index is 11.9. The molecule has 0 unspecified atom stereocenters. The predicted molar refractivity (Wildman–Crippen MR) is 83.6 cm³/mol. The van der Waals surface area contributed by atoms with Crippen LogP contribution in [0.4, 0.5) is 0 Å². The van der Waals surface area contributed by atoms with Crippen LogP contribution < -0.4 is 10.0 Å². The van der Waals surface area contributed by atoms with Crippen LogP contribution in [0.1, 0.15) is 24.2 Å². The van der Waals surface area contributed by atoms with E-state index >= 15 is 0 Å². The summed E-state index contributed by atoms with van der Waals surface area (Å²) in [7, 11) is -3.30. The topological polar surface area (TPSA) is 75.3 Å². The third-order valence-electron chi connectivity index (χ3n) is 2.26. The van der Waals surface area contributed by atoms with Crippen LogP contribution in [0.5, 0.6) is 0 Å². The van der Waals surface area contributed by atoms with Gasteiger partial charge in [-0.2, -0.15) is 0 Å². The van der Waals surface area contributed by atoms with Crippen molar-refractivity contribution in [1.82, 2.24) is 10.0 Å². The van der Waals surface area contributed by atoms with Crippen LogP contribution in [-0.2, 0) is 10.0 Å². The Hall–Kier alpha value is -0.670. The summed E-state index contributed by atoms with van der Waals surface area (Å²) in [6.07, 6.45) is 1.09. The SMILES string of the molecule is CC(C)(CNC(=O)c1ccc(I)cc1)NS(C)(=O)=O. The minimum absolute atomic E-state index is 0.213. The highest BCUT2D eigenvalue weighted by molar-refractivity contribution is 14.1. The number of halogens is 1. The Bertz CT molecular complexity index is 553. The molecular formula is C12H17IN2O3S. The normalized spacial score (nSPS) is 12.2. The van der Waals surface area contributed by atoms with Crippen molar-refractivity contribution in [3.63, 3.8) is 0 Å². The van der Waals surface area contributed by atoms with Crippen molar-refractivity contribution in [3.8, 4) is 0 Å². The Morgan fingerprint density at radius 1 is 1.26 bits per heavy atom. The first-order chi connectivity index (χ1) is 8.59. The number of nitrogens with one attached hydrogen (secondary N) is 2. The average molecular weight is 396 g/mol. The molecule has 5 nitrogen and oxygen atoms in total. The molecule has 0 spiro atoms. The molecule has 7 heteroatoms. The molecule has 1 aromatic rings. The fourth-order valence-corrected chi connectivity index (χ4v) is 2.98. The Morgan fingerprint density at radius 2 is 1.79 bits per heavy atom. The number of benzene rings is 1. The van der Waals surface area contributed by atoms with Gasteiger partial charge in [0.05, 0.1) is 6.26 Å². The van der Waals surface area contributed by atoms with Crippen LogP contribution in [-0.4, -0.2) is 32.7 Å². The maximum atomic E-state index is 11.9. The fraction of sp³-hybridized carbons (Fsp3) is 0.417. The number of hydrogen-bond acceptors (Lipinski definition) is 3. The Labute approximate surface area is 127 Å². The molecule has 0 fully saturated rings. The van der Waals surface area contributed by atoms with Crippen LogP contribution in [0.3, 0.4) is 0 Å². The highest BCUT2D eigenvalue weighted by atomic mass is 127. The van der Waals surface area contributed by atoms with Crippen molar-refractivity contribution < 1.29 is 13.2 Å². The molecule has 0 radical (unpaired) electrons. The second-order valence-corrected chi connectivity index (χ2v) is 7.94. The van der Waals surface area contributed by atoms with Gasteiger partial charge in [0, 0.05) is 21.2 Å². The van der Waals surface area contributed by atoms with Gasteiger partial charge < -0.3 is 5.32 Å². The smallest absolute Gasteiger partial charge is 0.251 e. The quantitative estimate of drug-likeness (QED) is 0.738. The third-order valence-corrected chi connectivity index (χ3v) is 3.90. The molecule has 0 aliphatic rings. The van der Waals surface area contributed by atoms with E-state index in [1.54, 1.807) is 26.0 Å². The summed E-state index contributed by atoms with van der Waals surface area (Å²) in [5.41, 5.74) is -0.178. The second kappa shape index (κ2) is 6.19. The van der Waals surface area contributed by atoms with E-state index in [9.17, 15) is 13.2 Å². The maximum Gasteiger partial charge on any atom is 0.251 e. The van der Waals surface area contributed by atoms with Gasteiger partial charge in [-0.25, -0.2) is 13.1 Å². The molecular weight excluding hydrogens is 379 g/mol. The Morgan fingerprint density at radius 3 is 2.26 bits per heavy atom. The van der Waals surface area contributed by atoms with Crippen LogP contribution in [0.2, 0.25) is 0 Å². The van der Waals surface area contributed by atoms with Crippen molar-refractivity contribution in [2.75, 3.05) is 12.8 Å². The van der Waals surface area contributed by atoms with Crippen molar-refractivity contribution in [3.05, 3.63) is 33.4 Å². The van der Waals surface area contributed by atoms with E-state index in [4.69, 9.17) is 0 Å². The van der Waals surface area contributed by atoms with Gasteiger partial charge in [-0.3, -0.25) is 4.79 Å². The van der Waals surface area contributed by atoms with E-state index in [2.05, 4.69) is 32.6 Å². The summed E-state index contributed by atoms with van der Waals surface area (Å²) in [6, 6.07) is 7.15. The van der Waals surface area contributed by atoms with Crippen LogP contribution in [0.25, 0.3) is 0 Å². The van der Waals surface area contributed by atoms with Gasteiger partial charge in [0.25, 0.3) is 5.91 Å². The van der Waals surface area contributed by atoms with Gasteiger partial charge in [0.1, 0.15) is 0 Å². The zero-order chi connectivity index (χ0) is 14.7. The van der Waals surface area contributed by atoms with Gasteiger partial charge in [-0.1, -0.05) is 0 Å². The number of carbonyl (C=O) groups is 1. The first-order valence-corrected chi connectivity index (χ1v) is 8.59. The standard InChI is InChI=1S/C12H17IN2O3S/c1-12(2,15-19(3,17)18)8-14-11(16)9-4-6-10(13)7-5-9/h4-7,15H,8H2,1-3H3,(H,14,16). The first-order valence-electron chi connectivity index (χ1n) is 5.62. The van der Waals surface area contributed by atoms with Crippen LogP contribution in [0, 0.1) is 3.57 Å². The molecule has 0 aliphatic heterocycles. The van der Waals surface area contributed by atoms with E-state index in [0.717, 1.165) is 9.83 Å². The predicted octanol–water partition coefficient (Wildman–Crippen LogP) is 1.35. The Kier molecular flexibility index (Phi) is 5.34. The van der Waals surface area contributed by atoms with Crippen LogP contribution in [0.15, 0.2) is 24.3 Å². The third kappa shape index (κ3) is 6.35. The monoisotopic (exact) mass is 396 g/mol. The van der Waals surface area contributed by atoms with E-state index in [1.807, 2.05) is 12.1 Å². The number of amides is 1. The zero-order valence-corrected chi connectivity index (χ0v) is 14.0. The van der Waals surface area contributed by atoms with Crippen molar-refractivity contribution in [2.45, 2.75) is 19.4 Å². The van der Waals surface area contributed by atoms with Gasteiger partial charge >= 0.3 is 0 Å². The summed E-state index contributed by atoms with van der Waals surface area (Å²) in [5.74, 6) is -0.222. The van der Waals surface area contributed by atoms with Gasteiger partial charge in [0.2, 0.25) is 10.0 Å². The minimum Gasteiger partial charge on any atom is -0.350 e. The molecule has 0 aromatic heterocycles. The summed E-state index contributed by atoms with van der Waals surface area (Å²) in [4.78, 5) is 11.9. The molecule has 1 amide bonds. The number of carbonyl (C=O) groups excluding carboxylic acids is 1. The molecule has 0 saturated heterocycles. The summed E-state index contributed by atoms with van der Waals surface area (Å²) < 4.78 is 25.9. The van der Waals surface area contributed by atoms with Gasteiger partial charge in [-0.05, 0) is 60.7 Å². The molecule has 0 saturated carbocycles. The number of hydrogen-bond donors (Lipinski definition) is 2. The summed E-state index contributed by atoms with van der Waals surface area (Å²) in [5, 5.41) is 2.71. The zero-order valence-electron chi connectivity index (χ0n) is 11.0. The number of rotatable bonds is 5. The lowest BCUT2D eigenvalue weighted by Gasteiger charge is -2.25. The van der Waals surface area contributed by atoms with Crippen molar-refractivity contribution in [1.29, 1.82) is 0 Å². The first kappa shape index (κ1) is 16.4. The molecule has 2 N–H and O–H groups in total. The molecule has 0 aliphatic carbocycles. The molecule has 106 valence electrons. The lowest BCUT2D eigenvalue weighted by Crippen LogP contribution is -2.51. The van der Waals surface area contributed by atoms with Gasteiger partial charge in [-0.15, -0.1) is 0 Å². The molecule has 19 heavy (non-hydrogen) atoms. The number of sulfonamides is 1. The molecule has 1 aromatic carbocycles. The second-order valence-electron chi connectivity index (χ2n) is 4.95. The van der Waals surface area contributed by atoms with Crippen molar-refractivity contribution >= 4 is 38.5 Å². The van der Waals surface area contributed by atoms with Crippen LogP contribution >= 0.6 is 22.6 Å². The largest absolute Gasteiger partial charge is 0.350 e. The fourth-order valence-electron chi connectivity index (χ4n) is 1.54. The highest BCUT2D eigenvalue weighted by Gasteiger charge is 2.22. The molecule has 1 rings (SSSR count). The molecule has 0 bridgehead atoms. The molecule has 0 heterocycles. The van der Waals surface area contributed by atoms with E-state index < -0.39 is 15.6 Å². The minimum atomic E-state index is -3.30. The lowest BCUT2D eigenvalue weighted by molar-refractivity contribution is 0.0944. The van der Waals surface area contributed by atoms with E-state index in [-0.39, 0.29) is 12.5 Å². The molecule has 0 atom stereocenters. The van der Waals surface area contributed by atoms with Crippen molar-refractivity contribution in [2.24, 2.45) is 0 Å². The van der Waals surface area contributed by atoms with Gasteiger partial charge in [0.15, 0.2) is 0 Å². The Balaban J connectivity index is 2.61. The van der Waals surface area contributed by atoms with E-state index in [1.165, 1.54) is 0 Å². The summed E-state index contributed by atoms with van der Waals surface area (Å²) >= 11 is 2.16. The lowest BCUT2D eigenvalue weighted by atomic mass is 10.1. The highest BCUT2D eigenvalue weighted by Crippen LogP contribution is 2.07. The average Bonchev–Trinajstić information content (AvgIpc) is 2.24.